The van der Waals surface area contributed by atoms with Crippen LogP contribution in [0.4, 0.5) is 0 Å². The fourth-order valence-electron chi connectivity index (χ4n) is 4.93. The Labute approximate surface area is 166 Å². The second kappa shape index (κ2) is 7.59. The number of sulfonamides is 1. The molecule has 0 spiro atoms. The van der Waals surface area contributed by atoms with Gasteiger partial charge < -0.3 is 0 Å². The van der Waals surface area contributed by atoms with Crippen molar-refractivity contribution in [1.29, 1.82) is 0 Å². The summed E-state index contributed by atoms with van der Waals surface area (Å²) >= 11 is 0. The summed E-state index contributed by atoms with van der Waals surface area (Å²) in [6.45, 7) is 1.92. The van der Waals surface area contributed by atoms with Gasteiger partial charge in [-0.3, -0.25) is 14.5 Å². The van der Waals surface area contributed by atoms with E-state index < -0.39 is 10.0 Å². The number of fused-ring (bicyclic) bond motifs is 1. The minimum absolute atomic E-state index is 0.00193. The summed E-state index contributed by atoms with van der Waals surface area (Å²) in [7, 11) is -3.62. The van der Waals surface area contributed by atoms with Gasteiger partial charge >= 0.3 is 0 Å². The Kier molecular flexibility index (Phi) is 5.31. The smallest absolute Gasteiger partial charge is 0.241 e. The van der Waals surface area contributed by atoms with Gasteiger partial charge in [-0.15, -0.1) is 0 Å². The summed E-state index contributed by atoms with van der Waals surface area (Å²) in [6.07, 6.45) is 7.40. The molecule has 3 fully saturated rings. The first-order valence-corrected chi connectivity index (χ1v) is 11.8. The molecule has 2 aliphatic carbocycles. The lowest BCUT2D eigenvalue weighted by Gasteiger charge is -2.19. The van der Waals surface area contributed by atoms with Crippen molar-refractivity contribution in [2.75, 3.05) is 0 Å². The van der Waals surface area contributed by atoms with Crippen molar-refractivity contribution in [2.45, 2.75) is 75.8 Å². The van der Waals surface area contributed by atoms with Crippen LogP contribution >= 0.6 is 0 Å². The van der Waals surface area contributed by atoms with Crippen LogP contribution in [0.2, 0.25) is 0 Å². The van der Waals surface area contributed by atoms with Crippen molar-refractivity contribution in [2.24, 2.45) is 11.8 Å². The van der Waals surface area contributed by atoms with E-state index in [9.17, 15) is 18.0 Å². The standard InChI is InChI=1S/C21H28N2O4S/c1-14-10-11-15(12-19(14)28(26,27)22-16-6-2-3-7-16)13-23-20(24)17-8-4-5-9-18(17)21(23)25/h10-12,16-18,22H,2-9,13H2,1H3/t17-,18-/m1/s1. The molecule has 2 saturated carbocycles. The molecule has 0 radical (unpaired) electrons. The summed E-state index contributed by atoms with van der Waals surface area (Å²) in [4.78, 5) is 27.0. The molecule has 2 amide bonds. The minimum atomic E-state index is -3.62. The summed E-state index contributed by atoms with van der Waals surface area (Å²) < 4.78 is 28.6. The highest BCUT2D eigenvalue weighted by atomic mass is 32.2. The lowest BCUT2D eigenvalue weighted by Crippen LogP contribution is -2.33. The Morgan fingerprint density at radius 2 is 1.54 bits per heavy atom. The normalized spacial score (nSPS) is 26.1. The second-order valence-electron chi connectivity index (χ2n) is 8.46. The van der Waals surface area contributed by atoms with Gasteiger partial charge in [-0.05, 0) is 49.8 Å². The minimum Gasteiger partial charge on any atom is -0.278 e. The van der Waals surface area contributed by atoms with E-state index in [2.05, 4.69) is 4.72 Å². The molecule has 0 unspecified atom stereocenters. The van der Waals surface area contributed by atoms with E-state index in [1.54, 1.807) is 19.1 Å². The highest BCUT2D eigenvalue weighted by Gasteiger charge is 2.47. The van der Waals surface area contributed by atoms with Crippen LogP contribution in [0.25, 0.3) is 0 Å². The number of carbonyl (C=O) groups is 2. The van der Waals surface area contributed by atoms with Crippen LogP contribution in [-0.4, -0.2) is 31.2 Å². The van der Waals surface area contributed by atoms with Crippen LogP contribution < -0.4 is 4.72 Å². The topological polar surface area (TPSA) is 83.6 Å². The third-order valence-electron chi connectivity index (χ3n) is 6.49. The molecule has 0 bridgehead atoms. The molecule has 1 aromatic rings. The van der Waals surface area contributed by atoms with E-state index in [4.69, 9.17) is 0 Å². The Bertz CT molecular complexity index is 866. The van der Waals surface area contributed by atoms with Gasteiger partial charge in [-0.25, -0.2) is 13.1 Å². The van der Waals surface area contributed by atoms with Gasteiger partial charge in [0, 0.05) is 6.04 Å². The van der Waals surface area contributed by atoms with Crippen molar-refractivity contribution < 1.29 is 18.0 Å². The predicted molar refractivity (Wildman–Crippen MR) is 105 cm³/mol. The number of hydrogen-bond acceptors (Lipinski definition) is 4. The molecule has 6 nitrogen and oxygen atoms in total. The number of carbonyl (C=O) groups excluding carboxylic acids is 2. The van der Waals surface area contributed by atoms with Crippen LogP contribution in [0.1, 0.15) is 62.5 Å². The average Bonchev–Trinajstić information content (AvgIpc) is 3.25. The number of likely N-dealkylation sites (tertiary alicyclic amines) is 1. The zero-order valence-electron chi connectivity index (χ0n) is 16.3. The highest BCUT2D eigenvalue weighted by Crippen LogP contribution is 2.38. The lowest BCUT2D eigenvalue weighted by atomic mass is 9.81. The molecule has 1 N–H and O–H groups in total. The number of amides is 2. The lowest BCUT2D eigenvalue weighted by molar-refractivity contribution is -0.140. The fraction of sp³-hybridized carbons (Fsp3) is 0.619. The molecule has 3 aliphatic rings. The fourth-order valence-corrected chi connectivity index (χ4v) is 6.53. The van der Waals surface area contributed by atoms with E-state index in [-0.39, 0.29) is 41.1 Å². The first kappa shape index (κ1) is 19.6. The molecule has 1 aliphatic heterocycles. The molecule has 7 heteroatoms. The molecule has 1 heterocycles. The monoisotopic (exact) mass is 404 g/mol. The maximum Gasteiger partial charge on any atom is 0.241 e. The largest absolute Gasteiger partial charge is 0.278 e. The van der Waals surface area contributed by atoms with Crippen LogP contribution in [0.5, 0.6) is 0 Å². The van der Waals surface area contributed by atoms with E-state index >= 15 is 0 Å². The van der Waals surface area contributed by atoms with Gasteiger partial charge in [0.25, 0.3) is 0 Å². The van der Waals surface area contributed by atoms with Gasteiger partial charge in [-0.2, -0.15) is 0 Å². The maximum absolute atomic E-state index is 12.9. The number of aryl methyl sites for hydroxylation is 1. The Morgan fingerprint density at radius 1 is 0.964 bits per heavy atom. The van der Waals surface area contributed by atoms with Crippen molar-refractivity contribution in [1.82, 2.24) is 9.62 Å². The average molecular weight is 405 g/mol. The summed E-state index contributed by atoms with van der Waals surface area (Å²) in [5, 5.41) is 0. The molecule has 28 heavy (non-hydrogen) atoms. The van der Waals surface area contributed by atoms with Crippen molar-refractivity contribution in [3.63, 3.8) is 0 Å². The number of nitrogens with one attached hydrogen (secondary N) is 1. The quantitative estimate of drug-likeness (QED) is 0.765. The van der Waals surface area contributed by atoms with Crippen molar-refractivity contribution >= 4 is 21.8 Å². The van der Waals surface area contributed by atoms with Crippen LogP contribution in [0, 0.1) is 18.8 Å². The Hall–Kier alpha value is -1.73. The van der Waals surface area contributed by atoms with E-state index in [0.29, 0.717) is 11.1 Å². The summed E-state index contributed by atoms with van der Waals surface area (Å²) in [5.74, 6) is -0.551. The molecule has 0 aromatic heterocycles. The molecule has 152 valence electrons. The van der Waals surface area contributed by atoms with E-state index in [0.717, 1.165) is 51.4 Å². The predicted octanol–water partition coefficient (Wildman–Crippen LogP) is 2.89. The van der Waals surface area contributed by atoms with E-state index in [1.807, 2.05) is 6.07 Å². The number of rotatable bonds is 5. The first-order chi connectivity index (χ1) is 13.4. The molecule has 1 saturated heterocycles. The van der Waals surface area contributed by atoms with Gasteiger partial charge in [0.1, 0.15) is 0 Å². The Morgan fingerprint density at radius 3 is 2.14 bits per heavy atom. The Balaban J connectivity index is 1.55. The SMILES string of the molecule is Cc1ccc(CN2C(=O)[C@@H]3CCCC[C@H]3C2=O)cc1S(=O)(=O)NC1CCCC1. The summed E-state index contributed by atoms with van der Waals surface area (Å²) in [6, 6.07) is 5.19. The second-order valence-corrected chi connectivity index (χ2v) is 10.1. The number of imide groups is 1. The molecular weight excluding hydrogens is 376 g/mol. The third-order valence-corrected chi connectivity index (χ3v) is 8.15. The maximum atomic E-state index is 12.9. The third kappa shape index (κ3) is 3.62. The molecule has 1 aromatic carbocycles. The van der Waals surface area contributed by atoms with Gasteiger partial charge in [0.05, 0.1) is 23.3 Å². The van der Waals surface area contributed by atoms with Gasteiger partial charge in [0.2, 0.25) is 21.8 Å². The van der Waals surface area contributed by atoms with Crippen LogP contribution in [0.3, 0.4) is 0 Å². The highest BCUT2D eigenvalue weighted by molar-refractivity contribution is 7.89. The van der Waals surface area contributed by atoms with Crippen molar-refractivity contribution in [3.05, 3.63) is 29.3 Å². The zero-order valence-corrected chi connectivity index (χ0v) is 17.1. The molecule has 4 rings (SSSR count). The number of nitrogens with zero attached hydrogens (tertiary/aromatic N) is 1. The van der Waals surface area contributed by atoms with Gasteiger partial charge in [0.15, 0.2) is 0 Å². The number of benzene rings is 1. The summed E-state index contributed by atoms with van der Waals surface area (Å²) in [5.41, 5.74) is 1.35. The van der Waals surface area contributed by atoms with Crippen molar-refractivity contribution in [3.8, 4) is 0 Å². The van der Waals surface area contributed by atoms with Crippen LogP contribution in [-0.2, 0) is 26.2 Å². The van der Waals surface area contributed by atoms with E-state index in [1.165, 1.54) is 4.90 Å². The van der Waals surface area contributed by atoms with Gasteiger partial charge in [-0.1, -0.05) is 37.8 Å². The molecular formula is C21H28N2O4S. The zero-order chi connectivity index (χ0) is 19.9. The van der Waals surface area contributed by atoms with Crippen LogP contribution in [0.15, 0.2) is 23.1 Å². The first-order valence-electron chi connectivity index (χ1n) is 10.3. The number of hydrogen-bond donors (Lipinski definition) is 1. The molecule has 2 atom stereocenters.